The van der Waals surface area contributed by atoms with Crippen molar-refractivity contribution in [3.63, 3.8) is 0 Å². The third-order valence-electron chi connectivity index (χ3n) is 3.66. The summed E-state index contributed by atoms with van der Waals surface area (Å²) in [5.41, 5.74) is 1.36. The zero-order valence-electron chi connectivity index (χ0n) is 14.8. The number of nitrogens with zero attached hydrogens (tertiary/aromatic N) is 3. The summed E-state index contributed by atoms with van der Waals surface area (Å²) in [7, 11) is 3.13. The second-order valence-electron chi connectivity index (χ2n) is 5.63. The van der Waals surface area contributed by atoms with Crippen molar-refractivity contribution >= 4 is 5.82 Å². The summed E-state index contributed by atoms with van der Waals surface area (Å²) < 4.78 is 16.1. The lowest BCUT2D eigenvalue weighted by atomic mass is 10.1. The Kier molecular flexibility index (Phi) is 5.33. The van der Waals surface area contributed by atoms with Gasteiger partial charge in [0.2, 0.25) is 5.82 Å². The molecule has 2 heterocycles. The summed E-state index contributed by atoms with van der Waals surface area (Å²) in [5, 5.41) is 16.3. The van der Waals surface area contributed by atoms with E-state index in [-0.39, 0.29) is 0 Å². The smallest absolute Gasteiger partial charge is 0.259 e. The lowest BCUT2D eigenvalue weighted by Gasteiger charge is -2.09. The fourth-order valence-electron chi connectivity index (χ4n) is 2.39. The Morgan fingerprint density at radius 1 is 1.19 bits per heavy atom. The Labute approximate surface area is 150 Å². The molecule has 0 aliphatic heterocycles. The molecule has 136 valence electrons. The normalized spacial score (nSPS) is 11.8. The van der Waals surface area contributed by atoms with Gasteiger partial charge in [-0.05, 0) is 31.2 Å². The molecule has 8 nitrogen and oxygen atoms in total. The standard InChI is InChI=1S/C18H20N4O4/c1-11(23)9-19-15-8-7-12(10-20-15)18-21-17(22-26-18)13-5-4-6-14(24-2)16(13)25-3/h4-8,10-11,23H,9H2,1-3H3,(H,19,20)/t11-/m1/s1. The van der Waals surface area contributed by atoms with Crippen LogP contribution >= 0.6 is 0 Å². The highest BCUT2D eigenvalue weighted by Crippen LogP contribution is 2.37. The number of methoxy groups -OCH3 is 2. The molecule has 0 unspecified atom stereocenters. The predicted molar refractivity (Wildman–Crippen MR) is 96.2 cm³/mol. The van der Waals surface area contributed by atoms with Gasteiger partial charge in [-0.2, -0.15) is 4.98 Å². The van der Waals surface area contributed by atoms with Crippen molar-refractivity contribution in [1.29, 1.82) is 0 Å². The molecule has 0 bridgehead atoms. The van der Waals surface area contributed by atoms with Gasteiger partial charge in [-0.15, -0.1) is 0 Å². The molecule has 1 atom stereocenters. The van der Waals surface area contributed by atoms with E-state index in [1.54, 1.807) is 39.5 Å². The summed E-state index contributed by atoms with van der Waals surface area (Å²) in [6.45, 7) is 2.13. The van der Waals surface area contributed by atoms with Gasteiger partial charge in [-0.25, -0.2) is 4.98 Å². The molecule has 3 aromatic rings. The number of aliphatic hydroxyl groups excluding tert-OH is 1. The Bertz CT molecular complexity index is 862. The minimum absolute atomic E-state index is 0.347. The molecular weight excluding hydrogens is 336 g/mol. The lowest BCUT2D eigenvalue weighted by molar-refractivity contribution is 0.208. The van der Waals surface area contributed by atoms with Crippen molar-refractivity contribution in [1.82, 2.24) is 15.1 Å². The summed E-state index contributed by atoms with van der Waals surface area (Å²) in [6, 6.07) is 9.06. The fourth-order valence-corrected chi connectivity index (χ4v) is 2.39. The number of ether oxygens (including phenoxy) is 2. The second kappa shape index (κ2) is 7.83. The average molecular weight is 356 g/mol. The van der Waals surface area contributed by atoms with Gasteiger partial charge in [0.05, 0.1) is 31.5 Å². The van der Waals surface area contributed by atoms with Crippen molar-refractivity contribution < 1.29 is 19.1 Å². The van der Waals surface area contributed by atoms with E-state index in [0.29, 0.717) is 46.7 Å². The minimum atomic E-state index is -0.451. The summed E-state index contributed by atoms with van der Waals surface area (Å²) in [5.74, 6) is 2.53. The highest BCUT2D eigenvalue weighted by atomic mass is 16.5. The van der Waals surface area contributed by atoms with Crippen molar-refractivity contribution in [2.45, 2.75) is 13.0 Å². The van der Waals surface area contributed by atoms with Crippen molar-refractivity contribution in [2.24, 2.45) is 0 Å². The Morgan fingerprint density at radius 2 is 2.04 bits per heavy atom. The summed E-state index contributed by atoms with van der Waals surface area (Å²) in [6.07, 6.45) is 1.18. The first kappa shape index (κ1) is 17.7. The molecule has 8 heteroatoms. The summed E-state index contributed by atoms with van der Waals surface area (Å²) in [4.78, 5) is 8.70. The lowest BCUT2D eigenvalue weighted by Crippen LogP contribution is -2.15. The SMILES string of the molecule is COc1cccc(-c2noc(-c3ccc(NC[C@@H](C)O)nc3)n2)c1OC. The number of para-hydroxylation sites is 1. The molecular formula is C18H20N4O4. The van der Waals surface area contributed by atoms with Crippen molar-refractivity contribution in [3.8, 4) is 34.3 Å². The van der Waals surface area contributed by atoms with Crippen LogP contribution in [0.4, 0.5) is 5.82 Å². The molecule has 0 aliphatic carbocycles. The first-order chi connectivity index (χ1) is 12.6. The zero-order chi connectivity index (χ0) is 18.5. The Hall–Kier alpha value is -3.13. The number of hydrogen-bond acceptors (Lipinski definition) is 8. The molecule has 3 rings (SSSR count). The molecule has 2 N–H and O–H groups in total. The highest BCUT2D eigenvalue weighted by Gasteiger charge is 2.17. The molecule has 0 aliphatic rings. The minimum Gasteiger partial charge on any atom is -0.493 e. The van der Waals surface area contributed by atoms with E-state index >= 15 is 0 Å². The molecule has 0 spiro atoms. The van der Waals surface area contributed by atoms with E-state index < -0.39 is 6.10 Å². The molecule has 1 aromatic carbocycles. The van der Waals surface area contributed by atoms with Crippen LogP contribution in [0, 0.1) is 0 Å². The quantitative estimate of drug-likeness (QED) is 0.666. The monoisotopic (exact) mass is 356 g/mol. The first-order valence-electron chi connectivity index (χ1n) is 8.05. The summed E-state index contributed by atoms with van der Waals surface area (Å²) >= 11 is 0. The fraction of sp³-hybridized carbons (Fsp3) is 0.278. The maximum Gasteiger partial charge on any atom is 0.259 e. The van der Waals surface area contributed by atoms with Gasteiger partial charge < -0.3 is 24.4 Å². The molecule has 0 fully saturated rings. The number of anilines is 1. The first-order valence-corrected chi connectivity index (χ1v) is 8.05. The molecule has 0 amide bonds. The van der Waals surface area contributed by atoms with Crippen LogP contribution in [0.3, 0.4) is 0 Å². The number of rotatable bonds is 7. The second-order valence-corrected chi connectivity index (χ2v) is 5.63. The third kappa shape index (κ3) is 3.75. The number of aliphatic hydroxyl groups is 1. The van der Waals surface area contributed by atoms with E-state index in [4.69, 9.17) is 14.0 Å². The number of benzene rings is 1. The van der Waals surface area contributed by atoms with Crippen LogP contribution in [0.1, 0.15) is 6.92 Å². The van der Waals surface area contributed by atoms with Crippen LogP contribution in [0.15, 0.2) is 41.1 Å². The van der Waals surface area contributed by atoms with E-state index in [9.17, 15) is 5.11 Å². The number of hydrogen-bond donors (Lipinski definition) is 2. The Morgan fingerprint density at radius 3 is 2.69 bits per heavy atom. The van der Waals surface area contributed by atoms with Gasteiger partial charge >= 0.3 is 0 Å². The molecule has 0 saturated heterocycles. The van der Waals surface area contributed by atoms with Gasteiger partial charge in [0.1, 0.15) is 5.82 Å². The van der Waals surface area contributed by atoms with Crippen LogP contribution in [0.2, 0.25) is 0 Å². The van der Waals surface area contributed by atoms with Crippen LogP contribution in [-0.2, 0) is 0 Å². The maximum absolute atomic E-state index is 9.29. The van der Waals surface area contributed by atoms with Crippen molar-refractivity contribution in [3.05, 3.63) is 36.5 Å². The van der Waals surface area contributed by atoms with Crippen LogP contribution in [0.5, 0.6) is 11.5 Å². The third-order valence-corrected chi connectivity index (χ3v) is 3.66. The number of nitrogens with one attached hydrogen (secondary N) is 1. The molecule has 0 saturated carbocycles. The number of aromatic nitrogens is 3. The topological polar surface area (TPSA) is 103 Å². The Balaban J connectivity index is 1.84. The van der Waals surface area contributed by atoms with Gasteiger partial charge in [0.25, 0.3) is 5.89 Å². The largest absolute Gasteiger partial charge is 0.493 e. The van der Waals surface area contributed by atoms with E-state index in [1.807, 2.05) is 18.2 Å². The van der Waals surface area contributed by atoms with Gasteiger partial charge in [-0.1, -0.05) is 11.2 Å². The van der Waals surface area contributed by atoms with E-state index in [1.165, 1.54) is 0 Å². The number of pyridine rings is 1. The predicted octanol–water partition coefficient (Wildman–Crippen LogP) is 2.61. The van der Waals surface area contributed by atoms with Gasteiger partial charge in [-0.3, -0.25) is 0 Å². The van der Waals surface area contributed by atoms with Gasteiger partial charge in [0.15, 0.2) is 11.5 Å². The molecule has 0 radical (unpaired) electrons. The van der Waals surface area contributed by atoms with Crippen LogP contribution < -0.4 is 14.8 Å². The van der Waals surface area contributed by atoms with Crippen LogP contribution in [0.25, 0.3) is 22.8 Å². The van der Waals surface area contributed by atoms with E-state index in [0.717, 1.165) is 0 Å². The highest BCUT2D eigenvalue weighted by molar-refractivity contribution is 5.69. The molecule has 2 aromatic heterocycles. The zero-order valence-corrected chi connectivity index (χ0v) is 14.8. The van der Waals surface area contributed by atoms with Gasteiger partial charge in [0, 0.05) is 12.7 Å². The van der Waals surface area contributed by atoms with Crippen molar-refractivity contribution in [2.75, 3.05) is 26.1 Å². The average Bonchev–Trinajstić information content (AvgIpc) is 3.16. The van der Waals surface area contributed by atoms with Crippen LogP contribution in [-0.4, -0.2) is 47.1 Å². The van der Waals surface area contributed by atoms with E-state index in [2.05, 4.69) is 20.4 Å². The molecule has 26 heavy (non-hydrogen) atoms. The maximum atomic E-state index is 9.29.